The zero-order valence-electron chi connectivity index (χ0n) is 17.9. The molecule has 168 valence electrons. The summed E-state index contributed by atoms with van der Waals surface area (Å²) in [5.41, 5.74) is 2.70. The van der Waals surface area contributed by atoms with E-state index in [1.165, 1.54) is 20.1 Å². The van der Waals surface area contributed by atoms with E-state index in [2.05, 4.69) is 15.2 Å². The number of ether oxygens (including phenoxy) is 1. The molecule has 0 atom stereocenters. The van der Waals surface area contributed by atoms with Gasteiger partial charge in [0.1, 0.15) is 22.0 Å². The minimum Gasteiger partial charge on any atom is -0.495 e. The van der Waals surface area contributed by atoms with E-state index in [0.717, 1.165) is 5.56 Å². The van der Waals surface area contributed by atoms with Crippen LogP contribution in [0.3, 0.4) is 0 Å². The van der Waals surface area contributed by atoms with E-state index in [4.69, 9.17) is 20.9 Å². The number of rotatable bonds is 7. The number of nitrogens with one attached hydrogen (secondary N) is 2. The van der Waals surface area contributed by atoms with E-state index >= 15 is 0 Å². The van der Waals surface area contributed by atoms with Crippen molar-refractivity contribution in [3.8, 4) is 5.75 Å². The lowest BCUT2D eigenvalue weighted by atomic mass is 10.2. The summed E-state index contributed by atoms with van der Waals surface area (Å²) < 4.78 is 39.1. The number of halogens is 1. The molecule has 3 rings (SSSR count). The molecule has 0 saturated heterocycles. The van der Waals surface area contributed by atoms with Crippen LogP contribution in [-0.2, 0) is 14.8 Å². The van der Waals surface area contributed by atoms with Crippen LogP contribution < -0.4 is 14.8 Å². The topological polar surface area (TPSA) is 111 Å². The molecule has 0 bridgehead atoms. The van der Waals surface area contributed by atoms with E-state index in [1.807, 2.05) is 6.92 Å². The standard InChI is InChI=1S/C22H22ClN3O5S/c1-13-5-8-18(17(23)11-13)26-32(28,29)21-12-16(6-9-19(21)30-4)7-10-20-22(24-15(3)27)14(2)25-31-20/h5-12,26H,1-4H3,(H,24,27). The van der Waals surface area contributed by atoms with Crippen molar-refractivity contribution < 1.29 is 22.5 Å². The number of hydrogen-bond donors (Lipinski definition) is 2. The summed E-state index contributed by atoms with van der Waals surface area (Å²) in [4.78, 5) is 11.3. The van der Waals surface area contributed by atoms with Crippen molar-refractivity contribution in [2.24, 2.45) is 0 Å². The highest BCUT2D eigenvalue weighted by molar-refractivity contribution is 7.92. The summed E-state index contributed by atoms with van der Waals surface area (Å²) in [5, 5.41) is 6.80. The second kappa shape index (κ2) is 9.46. The minimum atomic E-state index is -4.00. The normalized spacial score (nSPS) is 11.5. The van der Waals surface area contributed by atoms with Gasteiger partial charge in [0.2, 0.25) is 5.91 Å². The summed E-state index contributed by atoms with van der Waals surface area (Å²) in [6.45, 7) is 4.94. The van der Waals surface area contributed by atoms with Crippen LogP contribution in [-0.4, -0.2) is 26.6 Å². The SMILES string of the molecule is COc1ccc(C=Cc2onc(C)c2NC(C)=O)cc1S(=O)(=O)Nc1ccc(C)cc1Cl. The Hall–Kier alpha value is -3.30. The van der Waals surface area contributed by atoms with Crippen molar-refractivity contribution in [2.75, 3.05) is 17.1 Å². The predicted octanol–water partition coefficient (Wildman–Crippen LogP) is 4.88. The van der Waals surface area contributed by atoms with E-state index < -0.39 is 10.0 Å². The van der Waals surface area contributed by atoms with Gasteiger partial charge in [0.15, 0.2) is 5.76 Å². The Bertz CT molecular complexity index is 1300. The van der Waals surface area contributed by atoms with Gasteiger partial charge in [0, 0.05) is 6.92 Å². The smallest absolute Gasteiger partial charge is 0.265 e. The van der Waals surface area contributed by atoms with Crippen molar-refractivity contribution in [2.45, 2.75) is 25.7 Å². The Kier molecular flexibility index (Phi) is 6.90. The molecule has 0 fully saturated rings. The number of nitrogens with zero attached hydrogens (tertiary/aromatic N) is 1. The van der Waals surface area contributed by atoms with Crippen LogP contribution in [0, 0.1) is 13.8 Å². The number of aromatic nitrogens is 1. The third-order valence-electron chi connectivity index (χ3n) is 4.46. The number of aryl methyl sites for hydroxylation is 2. The molecule has 0 aliphatic carbocycles. The monoisotopic (exact) mass is 475 g/mol. The molecule has 0 unspecified atom stereocenters. The zero-order chi connectivity index (χ0) is 23.5. The maximum Gasteiger partial charge on any atom is 0.265 e. The second-order valence-corrected chi connectivity index (χ2v) is 9.08. The first-order valence-electron chi connectivity index (χ1n) is 9.49. The third-order valence-corrected chi connectivity index (χ3v) is 6.16. The molecule has 1 amide bonds. The molecule has 0 radical (unpaired) electrons. The minimum absolute atomic E-state index is 0.0605. The van der Waals surface area contributed by atoms with Gasteiger partial charge in [-0.15, -0.1) is 0 Å². The molecular formula is C22H22ClN3O5S. The summed E-state index contributed by atoms with van der Waals surface area (Å²) in [6.07, 6.45) is 3.23. The van der Waals surface area contributed by atoms with Gasteiger partial charge in [-0.05, 0) is 55.3 Å². The number of methoxy groups -OCH3 is 1. The van der Waals surface area contributed by atoms with E-state index in [9.17, 15) is 13.2 Å². The van der Waals surface area contributed by atoms with Crippen LogP contribution in [0.15, 0.2) is 45.8 Å². The first-order chi connectivity index (χ1) is 15.1. The number of carbonyl (C=O) groups is 1. The molecule has 0 saturated carbocycles. The van der Waals surface area contributed by atoms with Gasteiger partial charge in [-0.2, -0.15) is 0 Å². The average Bonchev–Trinajstić information content (AvgIpc) is 3.07. The molecule has 0 aliphatic rings. The largest absolute Gasteiger partial charge is 0.495 e. The van der Waals surface area contributed by atoms with Crippen molar-refractivity contribution in [1.29, 1.82) is 0 Å². The number of amides is 1. The molecule has 2 aromatic carbocycles. The molecule has 1 heterocycles. The number of carbonyl (C=O) groups excluding carboxylic acids is 1. The highest BCUT2D eigenvalue weighted by Crippen LogP contribution is 2.31. The van der Waals surface area contributed by atoms with Gasteiger partial charge in [0.05, 0.1) is 17.8 Å². The highest BCUT2D eigenvalue weighted by Gasteiger charge is 2.21. The van der Waals surface area contributed by atoms with Gasteiger partial charge in [-0.1, -0.05) is 35.0 Å². The van der Waals surface area contributed by atoms with E-state index in [-0.39, 0.29) is 27.3 Å². The Morgan fingerprint density at radius 1 is 1.16 bits per heavy atom. The van der Waals surface area contributed by atoms with Crippen molar-refractivity contribution in [3.05, 3.63) is 64.0 Å². The number of hydrogen-bond acceptors (Lipinski definition) is 6. The van der Waals surface area contributed by atoms with Crippen LogP contribution in [0.1, 0.15) is 29.5 Å². The first kappa shape index (κ1) is 23.4. The summed E-state index contributed by atoms with van der Waals surface area (Å²) >= 11 is 6.18. The predicted molar refractivity (Wildman–Crippen MR) is 124 cm³/mol. The van der Waals surface area contributed by atoms with Gasteiger partial charge >= 0.3 is 0 Å². The molecule has 10 heteroatoms. The van der Waals surface area contributed by atoms with Gasteiger partial charge in [-0.3, -0.25) is 9.52 Å². The number of anilines is 2. The lowest BCUT2D eigenvalue weighted by Crippen LogP contribution is -2.14. The summed E-state index contributed by atoms with van der Waals surface area (Å²) in [5.74, 6) is 0.249. The summed E-state index contributed by atoms with van der Waals surface area (Å²) in [7, 11) is -2.61. The molecule has 0 aliphatic heterocycles. The molecule has 8 nitrogen and oxygen atoms in total. The van der Waals surface area contributed by atoms with Crippen molar-refractivity contribution in [3.63, 3.8) is 0 Å². The number of benzene rings is 2. The fourth-order valence-electron chi connectivity index (χ4n) is 2.91. The lowest BCUT2D eigenvalue weighted by Gasteiger charge is -2.13. The molecule has 3 aromatic rings. The lowest BCUT2D eigenvalue weighted by molar-refractivity contribution is -0.114. The maximum absolute atomic E-state index is 13.1. The van der Waals surface area contributed by atoms with Crippen LogP contribution in [0.25, 0.3) is 12.2 Å². The molecule has 1 aromatic heterocycles. The fraction of sp³-hybridized carbons (Fsp3) is 0.182. The van der Waals surface area contributed by atoms with Crippen LogP contribution in [0.5, 0.6) is 5.75 Å². The average molecular weight is 476 g/mol. The van der Waals surface area contributed by atoms with Gasteiger partial charge < -0.3 is 14.6 Å². The van der Waals surface area contributed by atoms with Gasteiger partial charge in [0.25, 0.3) is 10.0 Å². The molecule has 0 spiro atoms. The van der Waals surface area contributed by atoms with Gasteiger partial charge in [-0.25, -0.2) is 8.42 Å². The first-order valence-corrected chi connectivity index (χ1v) is 11.4. The van der Waals surface area contributed by atoms with Crippen molar-refractivity contribution in [1.82, 2.24) is 5.16 Å². The molecule has 2 N–H and O–H groups in total. The zero-order valence-corrected chi connectivity index (χ0v) is 19.5. The Morgan fingerprint density at radius 2 is 1.91 bits per heavy atom. The second-order valence-electron chi connectivity index (χ2n) is 7.02. The molecular weight excluding hydrogens is 454 g/mol. The quantitative estimate of drug-likeness (QED) is 0.503. The van der Waals surface area contributed by atoms with E-state index in [0.29, 0.717) is 22.7 Å². The van der Waals surface area contributed by atoms with Crippen LogP contribution in [0.2, 0.25) is 5.02 Å². The third kappa shape index (κ3) is 5.30. The highest BCUT2D eigenvalue weighted by atomic mass is 35.5. The number of sulfonamides is 1. The summed E-state index contributed by atoms with van der Waals surface area (Å²) in [6, 6.07) is 9.72. The molecule has 32 heavy (non-hydrogen) atoms. The van der Waals surface area contributed by atoms with Crippen LogP contribution in [0.4, 0.5) is 11.4 Å². The Labute approximate surface area is 191 Å². The van der Waals surface area contributed by atoms with Crippen molar-refractivity contribution >= 4 is 51.1 Å². The van der Waals surface area contributed by atoms with Crippen LogP contribution >= 0.6 is 11.6 Å². The fourth-order valence-corrected chi connectivity index (χ4v) is 4.53. The van der Waals surface area contributed by atoms with E-state index in [1.54, 1.807) is 49.4 Å². The Morgan fingerprint density at radius 3 is 2.56 bits per heavy atom. The Balaban J connectivity index is 1.95. The maximum atomic E-state index is 13.1.